The molecule has 3 N–H and O–H groups in total. The highest BCUT2D eigenvalue weighted by atomic mass is 79.9. The molecule has 0 atom stereocenters. The highest BCUT2D eigenvalue weighted by Crippen LogP contribution is 2.33. The molecular formula is C15H16BrClN2O. The van der Waals surface area contributed by atoms with Gasteiger partial charge >= 0.3 is 0 Å². The molecule has 0 spiro atoms. The summed E-state index contributed by atoms with van der Waals surface area (Å²) in [6.45, 7) is 2.73. The lowest BCUT2D eigenvalue weighted by atomic mass is 10.2. The molecule has 0 aliphatic heterocycles. The highest BCUT2D eigenvalue weighted by molar-refractivity contribution is 9.10. The van der Waals surface area contributed by atoms with E-state index < -0.39 is 0 Å². The van der Waals surface area contributed by atoms with Gasteiger partial charge in [0, 0.05) is 23.5 Å². The molecule has 0 amide bonds. The van der Waals surface area contributed by atoms with Crippen molar-refractivity contribution in [2.24, 2.45) is 0 Å². The average Bonchev–Trinajstić information content (AvgIpc) is 2.41. The Balaban J connectivity index is 2.24. The molecule has 0 aliphatic rings. The maximum Gasteiger partial charge on any atom is 0.123 e. The summed E-state index contributed by atoms with van der Waals surface area (Å²) in [5.41, 5.74) is 8.29. The van der Waals surface area contributed by atoms with E-state index in [1.165, 1.54) is 0 Å². The van der Waals surface area contributed by atoms with E-state index in [2.05, 4.69) is 28.2 Å². The van der Waals surface area contributed by atoms with E-state index in [-0.39, 0.29) is 0 Å². The van der Waals surface area contributed by atoms with Gasteiger partial charge in [0.2, 0.25) is 0 Å². The average molecular weight is 356 g/mol. The lowest BCUT2D eigenvalue weighted by Gasteiger charge is -2.12. The molecule has 2 aromatic rings. The molecule has 0 fully saturated rings. The molecule has 0 heterocycles. The molecule has 3 nitrogen and oxygen atoms in total. The van der Waals surface area contributed by atoms with E-state index in [0.717, 1.165) is 28.0 Å². The highest BCUT2D eigenvalue weighted by Gasteiger charge is 2.06. The van der Waals surface area contributed by atoms with Crippen LogP contribution in [0, 0.1) is 0 Å². The van der Waals surface area contributed by atoms with Gasteiger partial charge in [0.15, 0.2) is 0 Å². The Hall–Kier alpha value is -1.39. The monoisotopic (exact) mass is 354 g/mol. The van der Waals surface area contributed by atoms with Gasteiger partial charge in [-0.3, -0.25) is 0 Å². The first-order valence-electron chi connectivity index (χ1n) is 6.34. The van der Waals surface area contributed by atoms with Crippen LogP contribution in [0.3, 0.4) is 0 Å². The van der Waals surface area contributed by atoms with Crippen LogP contribution in [0.5, 0.6) is 5.75 Å². The second-order valence-corrected chi connectivity index (χ2v) is 5.57. The summed E-state index contributed by atoms with van der Waals surface area (Å²) in [7, 11) is 0. The third-order valence-corrected chi connectivity index (χ3v) is 4.03. The summed E-state index contributed by atoms with van der Waals surface area (Å²) >= 11 is 9.53. The first kappa shape index (κ1) is 15.0. The maximum atomic E-state index is 6.07. The maximum absolute atomic E-state index is 6.07. The molecule has 0 saturated carbocycles. The van der Waals surface area contributed by atoms with Gasteiger partial charge < -0.3 is 15.8 Å². The number of ether oxygens (including phenoxy) is 1. The van der Waals surface area contributed by atoms with Crippen molar-refractivity contribution in [2.45, 2.75) is 13.3 Å². The molecule has 106 valence electrons. The van der Waals surface area contributed by atoms with Gasteiger partial charge in [0.25, 0.3) is 0 Å². The Kier molecular flexibility index (Phi) is 5.15. The number of nitrogen functional groups attached to an aromatic ring is 1. The summed E-state index contributed by atoms with van der Waals surface area (Å²) in [5.74, 6) is 0.757. The molecular weight excluding hydrogens is 340 g/mol. The minimum atomic E-state index is 0.652. The van der Waals surface area contributed by atoms with Crippen LogP contribution in [0.2, 0.25) is 5.02 Å². The summed E-state index contributed by atoms with van der Waals surface area (Å²) in [6, 6.07) is 11.2. The van der Waals surface area contributed by atoms with Crippen LogP contribution >= 0.6 is 27.5 Å². The number of hydrogen-bond acceptors (Lipinski definition) is 3. The Labute approximate surface area is 132 Å². The smallest absolute Gasteiger partial charge is 0.123 e. The van der Waals surface area contributed by atoms with E-state index in [4.69, 9.17) is 22.1 Å². The minimum Gasteiger partial charge on any atom is -0.493 e. The fourth-order valence-corrected chi connectivity index (χ4v) is 2.29. The van der Waals surface area contributed by atoms with Crippen LogP contribution in [0.4, 0.5) is 17.1 Å². The predicted molar refractivity (Wildman–Crippen MR) is 89.1 cm³/mol. The summed E-state index contributed by atoms with van der Waals surface area (Å²) in [4.78, 5) is 0. The molecule has 0 bridgehead atoms. The molecule has 20 heavy (non-hydrogen) atoms. The second-order valence-electron chi connectivity index (χ2n) is 4.37. The third kappa shape index (κ3) is 3.81. The van der Waals surface area contributed by atoms with E-state index in [0.29, 0.717) is 17.3 Å². The molecule has 0 unspecified atom stereocenters. The van der Waals surface area contributed by atoms with Crippen LogP contribution in [-0.2, 0) is 0 Å². The number of benzene rings is 2. The predicted octanol–water partition coefficient (Wildman–Crippen LogP) is 5.22. The Morgan fingerprint density at radius 2 is 2.10 bits per heavy atom. The first-order chi connectivity index (χ1) is 9.60. The number of nitrogens with one attached hydrogen (secondary N) is 1. The fourth-order valence-electron chi connectivity index (χ4n) is 1.75. The molecule has 0 aliphatic carbocycles. The SMILES string of the molecule is CCCOc1cc(N)cc(Nc2cccc(Cl)c2Br)c1. The van der Waals surface area contributed by atoms with Crippen molar-refractivity contribution < 1.29 is 4.74 Å². The van der Waals surface area contributed by atoms with Crippen molar-refractivity contribution in [3.05, 3.63) is 45.9 Å². The number of anilines is 3. The van der Waals surface area contributed by atoms with Crippen molar-refractivity contribution in [1.82, 2.24) is 0 Å². The third-order valence-electron chi connectivity index (χ3n) is 2.63. The van der Waals surface area contributed by atoms with Crippen LogP contribution in [0.1, 0.15) is 13.3 Å². The lowest BCUT2D eigenvalue weighted by molar-refractivity contribution is 0.318. The van der Waals surface area contributed by atoms with Gasteiger partial charge in [0.05, 0.1) is 21.8 Å². The van der Waals surface area contributed by atoms with Gasteiger partial charge in [-0.15, -0.1) is 0 Å². The molecule has 0 radical (unpaired) electrons. The van der Waals surface area contributed by atoms with Crippen LogP contribution < -0.4 is 15.8 Å². The van der Waals surface area contributed by atoms with Crippen molar-refractivity contribution in [3.8, 4) is 5.75 Å². The van der Waals surface area contributed by atoms with E-state index in [1.54, 1.807) is 0 Å². The molecule has 0 aromatic heterocycles. The van der Waals surface area contributed by atoms with Crippen molar-refractivity contribution >= 4 is 44.6 Å². The summed E-state index contributed by atoms with van der Waals surface area (Å²) in [5, 5.41) is 3.93. The van der Waals surface area contributed by atoms with Crippen LogP contribution in [0.15, 0.2) is 40.9 Å². The largest absolute Gasteiger partial charge is 0.493 e. The number of rotatable bonds is 5. The van der Waals surface area contributed by atoms with Gasteiger partial charge in [-0.1, -0.05) is 24.6 Å². The van der Waals surface area contributed by atoms with Crippen LogP contribution in [0.25, 0.3) is 0 Å². The molecule has 0 saturated heterocycles. The number of nitrogens with two attached hydrogens (primary N) is 1. The molecule has 2 aromatic carbocycles. The Morgan fingerprint density at radius 1 is 1.30 bits per heavy atom. The molecule has 5 heteroatoms. The minimum absolute atomic E-state index is 0.652. The second kappa shape index (κ2) is 6.86. The Morgan fingerprint density at radius 3 is 2.85 bits per heavy atom. The van der Waals surface area contributed by atoms with Crippen LogP contribution in [-0.4, -0.2) is 6.61 Å². The van der Waals surface area contributed by atoms with Crippen molar-refractivity contribution in [3.63, 3.8) is 0 Å². The van der Waals surface area contributed by atoms with Gasteiger partial charge in [-0.05, 0) is 40.5 Å². The van der Waals surface area contributed by atoms with Crippen molar-refractivity contribution in [1.29, 1.82) is 0 Å². The topological polar surface area (TPSA) is 47.3 Å². The van der Waals surface area contributed by atoms with Gasteiger partial charge in [0.1, 0.15) is 5.75 Å². The zero-order valence-corrected chi connectivity index (χ0v) is 13.5. The number of hydrogen-bond donors (Lipinski definition) is 2. The first-order valence-corrected chi connectivity index (χ1v) is 7.51. The standard InChI is InChI=1S/C15H16BrClN2O/c1-2-6-20-12-8-10(18)7-11(9-12)19-14-5-3-4-13(17)15(14)16/h3-5,7-9,19H,2,6,18H2,1H3. The zero-order chi connectivity index (χ0) is 14.5. The van der Waals surface area contributed by atoms with E-state index >= 15 is 0 Å². The van der Waals surface area contributed by atoms with Crippen molar-refractivity contribution in [2.75, 3.05) is 17.7 Å². The summed E-state index contributed by atoms with van der Waals surface area (Å²) < 4.78 is 6.43. The fraction of sp³-hybridized carbons (Fsp3) is 0.200. The van der Waals surface area contributed by atoms with E-state index in [9.17, 15) is 0 Å². The lowest BCUT2D eigenvalue weighted by Crippen LogP contribution is -1.98. The van der Waals surface area contributed by atoms with Gasteiger partial charge in [-0.2, -0.15) is 0 Å². The quantitative estimate of drug-likeness (QED) is 0.723. The number of halogens is 2. The van der Waals surface area contributed by atoms with Gasteiger partial charge in [-0.25, -0.2) is 0 Å². The van der Waals surface area contributed by atoms with E-state index in [1.807, 2.05) is 36.4 Å². The molecule has 2 rings (SSSR count). The zero-order valence-electron chi connectivity index (χ0n) is 11.1. The summed E-state index contributed by atoms with van der Waals surface area (Å²) in [6.07, 6.45) is 0.956. The normalized spacial score (nSPS) is 10.3. The Bertz CT molecular complexity index is 604.